The van der Waals surface area contributed by atoms with E-state index in [1.165, 1.54) is 12.1 Å². The summed E-state index contributed by atoms with van der Waals surface area (Å²) in [6.07, 6.45) is 1.65. The van der Waals surface area contributed by atoms with Crippen LogP contribution in [0.1, 0.15) is 0 Å². The van der Waals surface area contributed by atoms with E-state index in [1.54, 1.807) is 34.9 Å². The lowest BCUT2D eigenvalue weighted by Crippen LogP contribution is -1.94. The smallest absolute Gasteiger partial charge is 0.270 e. The molecule has 0 saturated carbocycles. The Labute approximate surface area is 118 Å². The number of hydrogen-bond acceptors (Lipinski definition) is 4. The minimum absolute atomic E-state index is 0.00279. The van der Waals surface area contributed by atoms with Crippen molar-refractivity contribution in [1.29, 1.82) is 0 Å². The number of pyridine rings is 1. The SMILES string of the molecule is Nc1c(-c2cccc([N+](=O)[O-])c2)nc2ccc(Cl)cn12. The van der Waals surface area contributed by atoms with E-state index in [-0.39, 0.29) is 5.69 Å². The third-order valence-corrected chi connectivity index (χ3v) is 3.17. The van der Waals surface area contributed by atoms with Crippen molar-refractivity contribution in [3.63, 3.8) is 0 Å². The molecule has 3 rings (SSSR count). The largest absolute Gasteiger partial charge is 0.383 e. The lowest BCUT2D eigenvalue weighted by Gasteiger charge is -2.00. The van der Waals surface area contributed by atoms with Gasteiger partial charge in [-0.15, -0.1) is 0 Å². The van der Waals surface area contributed by atoms with Crippen molar-refractivity contribution in [2.75, 3.05) is 5.73 Å². The Morgan fingerprint density at radius 2 is 2.10 bits per heavy atom. The highest BCUT2D eigenvalue weighted by atomic mass is 35.5. The minimum atomic E-state index is -0.452. The number of fused-ring (bicyclic) bond motifs is 1. The summed E-state index contributed by atoms with van der Waals surface area (Å²) < 4.78 is 1.65. The van der Waals surface area contributed by atoms with Crippen molar-refractivity contribution >= 4 is 28.8 Å². The lowest BCUT2D eigenvalue weighted by atomic mass is 10.1. The summed E-state index contributed by atoms with van der Waals surface area (Å²) >= 11 is 5.92. The summed E-state index contributed by atoms with van der Waals surface area (Å²) in [6, 6.07) is 9.64. The number of nitrogen functional groups attached to an aromatic ring is 1. The molecule has 0 saturated heterocycles. The van der Waals surface area contributed by atoms with Gasteiger partial charge in [0.05, 0.1) is 9.95 Å². The Kier molecular flexibility index (Phi) is 2.80. The van der Waals surface area contributed by atoms with Gasteiger partial charge in [-0.05, 0) is 12.1 Å². The Bertz CT molecular complexity index is 828. The Morgan fingerprint density at radius 1 is 1.30 bits per heavy atom. The van der Waals surface area contributed by atoms with E-state index >= 15 is 0 Å². The predicted molar refractivity (Wildman–Crippen MR) is 76.7 cm³/mol. The van der Waals surface area contributed by atoms with Crippen LogP contribution in [0.15, 0.2) is 42.6 Å². The molecule has 0 amide bonds. The van der Waals surface area contributed by atoms with Crippen LogP contribution < -0.4 is 5.73 Å². The lowest BCUT2D eigenvalue weighted by molar-refractivity contribution is -0.384. The van der Waals surface area contributed by atoms with E-state index in [2.05, 4.69) is 4.98 Å². The molecule has 1 aromatic carbocycles. The molecule has 20 heavy (non-hydrogen) atoms. The third-order valence-electron chi connectivity index (χ3n) is 2.95. The third kappa shape index (κ3) is 1.96. The maximum Gasteiger partial charge on any atom is 0.270 e. The maximum absolute atomic E-state index is 10.8. The second-order valence-electron chi connectivity index (χ2n) is 4.23. The van der Waals surface area contributed by atoms with Gasteiger partial charge >= 0.3 is 0 Å². The zero-order valence-corrected chi connectivity index (χ0v) is 10.9. The van der Waals surface area contributed by atoms with Crippen LogP contribution in [0.5, 0.6) is 0 Å². The molecule has 0 radical (unpaired) electrons. The molecule has 0 bridgehead atoms. The second-order valence-corrected chi connectivity index (χ2v) is 4.67. The monoisotopic (exact) mass is 288 g/mol. The Hall–Kier alpha value is -2.60. The number of nitro groups is 1. The highest BCUT2D eigenvalue weighted by Crippen LogP contribution is 2.29. The van der Waals surface area contributed by atoms with Crippen LogP contribution in [0, 0.1) is 10.1 Å². The van der Waals surface area contributed by atoms with Gasteiger partial charge in [0, 0.05) is 23.9 Å². The number of anilines is 1. The van der Waals surface area contributed by atoms with Crippen LogP contribution in [0.4, 0.5) is 11.5 Å². The van der Waals surface area contributed by atoms with Gasteiger partial charge in [-0.25, -0.2) is 4.98 Å². The number of halogens is 1. The number of nitro benzene ring substituents is 1. The van der Waals surface area contributed by atoms with Crippen LogP contribution in [0.25, 0.3) is 16.9 Å². The standard InChI is InChI=1S/C13H9ClN4O2/c14-9-4-5-11-16-12(13(15)17(11)7-9)8-2-1-3-10(6-8)18(19)20/h1-7H,15H2. The number of nitrogens with zero attached hydrogens (tertiary/aromatic N) is 3. The number of non-ortho nitro benzene ring substituents is 1. The van der Waals surface area contributed by atoms with Crippen molar-refractivity contribution in [3.8, 4) is 11.3 Å². The quantitative estimate of drug-likeness (QED) is 0.579. The first-order valence-electron chi connectivity index (χ1n) is 5.74. The zero-order valence-electron chi connectivity index (χ0n) is 10.2. The highest BCUT2D eigenvalue weighted by Gasteiger charge is 2.14. The summed E-state index contributed by atoms with van der Waals surface area (Å²) in [7, 11) is 0. The van der Waals surface area contributed by atoms with E-state index in [0.29, 0.717) is 27.7 Å². The van der Waals surface area contributed by atoms with Gasteiger partial charge in [0.25, 0.3) is 5.69 Å². The topological polar surface area (TPSA) is 86.5 Å². The van der Waals surface area contributed by atoms with Crippen LogP contribution in [-0.2, 0) is 0 Å². The van der Waals surface area contributed by atoms with Crippen LogP contribution in [0.2, 0.25) is 5.02 Å². The van der Waals surface area contributed by atoms with Crippen LogP contribution >= 0.6 is 11.6 Å². The van der Waals surface area contributed by atoms with E-state index in [0.717, 1.165) is 0 Å². The fraction of sp³-hybridized carbons (Fsp3) is 0. The molecular weight excluding hydrogens is 280 g/mol. The second kappa shape index (κ2) is 4.50. The van der Waals surface area contributed by atoms with Crippen LogP contribution in [0.3, 0.4) is 0 Å². The van der Waals surface area contributed by atoms with Crippen molar-refractivity contribution in [3.05, 3.63) is 57.7 Å². The minimum Gasteiger partial charge on any atom is -0.383 e. The van der Waals surface area contributed by atoms with Gasteiger partial charge in [0.2, 0.25) is 0 Å². The molecule has 0 aliphatic rings. The molecule has 0 atom stereocenters. The molecule has 2 heterocycles. The normalized spacial score (nSPS) is 10.8. The molecular formula is C13H9ClN4O2. The fourth-order valence-electron chi connectivity index (χ4n) is 2.02. The number of benzene rings is 1. The van der Waals surface area contributed by atoms with Gasteiger partial charge in [0.15, 0.2) is 0 Å². The van der Waals surface area contributed by atoms with Crippen molar-refractivity contribution < 1.29 is 4.92 Å². The van der Waals surface area contributed by atoms with Crippen molar-refractivity contribution in [1.82, 2.24) is 9.38 Å². The zero-order chi connectivity index (χ0) is 14.3. The van der Waals surface area contributed by atoms with Gasteiger partial charge in [-0.1, -0.05) is 23.7 Å². The number of hydrogen-bond donors (Lipinski definition) is 1. The first-order valence-corrected chi connectivity index (χ1v) is 6.12. The molecule has 7 heteroatoms. The maximum atomic E-state index is 10.8. The molecule has 0 unspecified atom stereocenters. The average Bonchev–Trinajstić information content (AvgIpc) is 2.76. The predicted octanol–water partition coefficient (Wildman–Crippen LogP) is 3.15. The first kappa shape index (κ1) is 12.4. The molecule has 0 aliphatic carbocycles. The van der Waals surface area contributed by atoms with Crippen LogP contribution in [-0.4, -0.2) is 14.3 Å². The first-order chi connectivity index (χ1) is 9.56. The molecule has 2 N–H and O–H groups in total. The fourth-order valence-corrected chi connectivity index (χ4v) is 2.18. The van der Waals surface area contributed by atoms with Gasteiger partial charge in [-0.2, -0.15) is 0 Å². The summed E-state index contributed by atoms with van der Waals surface area (Å²) in [5, 5.41) is 11.4. The van der Waals surface area contributed by atoms with Gasteiger partial charge in [-0.3, -0.25) is 14.5 Å². The summed E-state index contributed by atoms with van der Waals surface area (Å²) in [4.78, 5) is 14.7. The van der Waals surface area contributed by atoms with Crippen molar-refractivity contribution in [2.45, 2.75) is 0 Å². The summed E-state index contributed by atoms with van der Waals surface area (Å²) in [5.74, 6) is 0.392. The average molecular weight is 289 g/mol. The van der Waals surface area contributed by atoms with Gasteiger partial charge < -0.3 is 5.73 Å². The number of nitrogens with two attached hydrogens (primary N) is 1. The highest BCUT2D eigenvalue weighted by molar-refractivity contribution is 6.30. The molecule has 3 aromatic rings. The molecule has 100 valence electrons. The molecule has 0 spiro atoms. The number of imidazole rings is 1. The van der Waals surface area contributed by atoms with E-state index < -0.39 is 4.92 Å². The van der Waals surface area contributed by atoms with Gasteiger partial charge in [0.1, 0.15) is 17.2 Å². The Morgan fingerprint density at radius 3 is 2.85 bits per heavy atom. The van der Waals surface area contributed by atoms with E-state index in [4.69, 9.17) is 17.3 Å². The summed E-state index contributed by atoms with van der Waals surface area (Å²) in [6.45, 7) is 0. The number of rotatable bonds is 2. The molecule has 6 nitrogen and oxygen atoms in total. The summed E-state index contributed by atoms with van der Waals surface area (Å²) in [5.41, 5.74) is 7.76. The van der Waals surface area contributed by atoms with E-state index in [9.17, 15) is 10.1 Å². The number of aromatic nitrogens is 2. The van der Waals surface area contributed by atoms with E-state index in [1.807, 2.05) is 0 Å². The molecule has 0 aliphatic heterocycles. The van der Waals surface area contributed by atoms with Crippen molar-refractivity contribution in [2.24, 2.45) is 0 Å². The molecule has 2 aromatic heterocycles. The Balaban J connectivity index is 2.22. The molecule has 0 fully saturated rings.